The Labute approximate surface area is 160 Å². The van der Waals surface area contributed by atoms with Crippen LogP contribution in [0.4, 0.5) is 17.1 Å². The van der Waals surface area contributed by atoms with Crippen molar-refractivity contribution in [1.29, 1.82) is 0 Å². The van der Waals surface area contributed by atoms with Gasteiger partial charge in [0.1, 0.15) is 0 Å². The van der Waals surface area contributed by atoms with Crippen molar-refractivity contribution in [3.63, 3.8) is 0 Å². The predicted octanol–water partition coefficient (Wildman–Crippen LogP) is 1.65. The van der Waals surface area contributed by atoms with Gasteiger partial charge in [0, 0.05) is 12.1 Å². The lowest BCUT2D eigenvalue weighted by molar-refractivity contribution is -0.394. The number of hydrazone groups is 1. The summed E-state index contributed by atoms with van der Waals surface area (Å²) in [6, 6.07) is 6.75. The van der Waals surface area contributed by atoms with Crippen LogP contribution in [0.1, 0.15) is 5.56 Å². The topological polar surface area (TPSA) is 200 Å². The normalized spacial score (nSPS) is 10.5. The molecule has 14 heteroatoms. The van der Waals surface area contributed by atoms with Crippen molar-refractivity contribution in [2.45, 2.75) is 0 Å². The Balaban J connectivity index is 2.08. The maximum Gasteiger partial charge on any atom is 0.318 e. The first-order valence-electron chi connectivity index (χ1n) is 7.54. The first kappa shape index (κ1) is 20.7. The van der Waals surface area contributed by atoms with Crippen LogP contribution in [0.25, 0.3) is 0 Å². The average molecular weight is 405 g/mol. The predicted molar refractivity (Wildman–Crippen MR) is 95.7 cm³/mol. The highest BCUT2D eigenvalue weighted by Crippen LogP contribution is 2.33. The minimum absolute atomic E-state index is 0.149. The van der Waals surface area contributed by atoms with Crippen LogP contribution in [0.5, 0.6) is 11.5 Å². The van der Waals surface area contributed by atoms with E-state index in [9.17, 15) is 40.2 Å². The van der Waals surface area contributed by atoms with Gasteiger partial charge in [-0.05, 0) is 6.07 Å². The Hall–Kier alpha value is -4.62. The lowest BCUT2D eigenvalue weighted by atomic mass is 10.1. The summed E-state index contributed by atoms with van der Waals surface area (Å²) in [5.74, 6) is -1.88. The number of nitrogens with zero attached hydrogens (tertiary/aromatic N) is 4. The van der Waals surface area contributed by atoms with E-state index in [-0.39, 0.29) is 17.0 Å². The third-order valence-corrected chi connectivity index (χ3v) is 3.33. The van der Waals surface area contributed by atoms with Crippen LogP contribution in [0.2, 0.25) is 0 Å². The number of nitrogens with one attached hydrogen (secondary N) is 1. The number of nitro benzene ring substituents is 3. The van der Waals surface area contributed by atoms with Crippen molar-refractivity contribution in [3.05, 3.63) is 72.3 Å². The zero-order valence-electron chi connectivity index (χ0n) is 14.3. The molecule has 0 bridgehead atoms. The van der Waals surface area contributed by atoms with Gasteiger partial charge in [0.25, 0.3) is 11.6 Å². The third-order valence-electron chi connectivity index (χ3n) is 3.33. The summed E-state index contributed by atoms with van der Waals surface area (Å²) in [7, 11) is 0. The summed E-state index contributed by atoms with van der Waals surface area (Å²) >= 11 is 0. The highest BCUT2D eigenvalue weighted by Gasteiger charge is 2.23. The van der Waals surface area contributed by atoms with E-state index in [2.05, 4.69) is 5.10 Å². The number of carbonyl (C=O) groups excluding carboxylic acids is 1. The van der Waals surface area contributed by atoms with Crippen LogP contribution in [-0.4, -0.2) is 38.6 Å². The van der Waals surface area contributed by atoms with E-state index in [1.807, 2.05) is 5.43 Å². The number of non-ortho nitro benzene ring substituents is 1. The van der Waals surface area contributed by atoms with Crippen molar-refractivity contribution in [2.75, 3.05) is 6.61 Å². The SMILES string of the molecule is O=C(COc1ccccc1[N+](=O)[O-])N/N=C/c1cc([N+](=O)[O-])cc([N+](=O)[O-])c1O. The molecular weight excluding hydrogens is 394 g/mol. The molecule has 0 aromatic heterocycles. The molecule has 0 saturated heterocycles. The Kier molecular flexibility index (Phi) is 6.31. The standard InChI is InChI=1S/C15H11N5O9/c21-14(8-29-13-4-2-1-3-11(13)19(25)26)17-16-7-9-5-10(18(23)24)6-12(15(9)22)20(27)28/h1-7,22H,8H2,(H,17,21)/b16-7+. The molecule has 0 aliphatic carbocycles. The molecule has 2 aromatic rings. The first-order chi connectivity index (χ1) is 13.7. The van der Waals surface area contributed by atoms with Crippen LogP contribution in [-0.2, 0) is 4.79 Å². The Morgan fingerprint density at radius 2 is 1.72 bits per heavy atom. The lowest BCUT2D eigenvalue weighted by Crippen LogP contribution is -2.24. The van der Waals surface area contributed by atoms with E-state index >= 15 is 0 Å². The van der Waals surface area contributed by atoms with Crippen LogP contribution in [0.3, 0.4) is 0 Å². The van der Waals surface area contributed by atoms with E-state index in [1.165, 1.54) is 24.3 Å². The van der Waals surface area contributed by atoms with Crippen molar-refractivity contribution in [2.24, 2.45) is 5.10 Å². The molecule has 0 unspecified atom stereocenters. The number of para-hydroxylation sites is 2. The van der Waals surface area contributed by atoms with Gasteiger partial charge in [-0.1, -0.05) is 12.1 Å². The maximum atomic E-state index is 11.7. The summed E-state index contributed by atoms with van der Waals surface area (Å²) in [5.41, 5.74) is -0.349. The molecule has 2 N–H and O–H groups in total. The van der Waals surface area contributed by atoms with Gasteiger partial charge < -0.3 is 9.84 Å². The molecule has 14 nitrogen and oxygen atoms in total. The minimum Gasteiger partial charge on any atom is -0.502 e. The van der Waals surface area contributed by atoms with Gasteiger partial charge in [-0.25, -0.2) is 5.43 Å². The molecule has 0 atom stereocenters. The summed E-state index contributed by atoms with van der Waals surface area (Å²) in [4.78, 5) is 41.7. The molecule has 0 aliphatic heterocycles. The fourth-order valence-corrected chi connectivity index (χ4v) is 2.05. The molecule has 0 saturated carbocycles. The molecule has 0 spiro atoms. The highest BCUT2D eigenvalue weighted by molar-refractivity contribution is 5.88. The van der Waals surface area contributed by atoms with Gasteiger partial charge in [0.15, 0.2) is 12.4 Å². The third kappa shape index (κ3) is 5.19. The van der Waals surface area contributed by atoms with Crippen molar-refractivity contribution in [1.82, 2.24) is 5.43 Å². The second kappa shape index (κ2) is 8.85. The molecule has 1 amide bonds. The van der Waals surface area contributed by atoms with Crippen LogP contribution >= 0.6 is 0 Å². The number of ether oxygens (including phenoxy) is 1. The number of hydrogen-bond donors (Lipinski definition) is 2. The summed E-state index contributed by atoms with van der Waals surface area (Å²) in [5, 5.41) is 45.8. The largest absolute Gasteiger partial charge is 0.502 e. The molecule has 2 rings (SSSR count). The number of aromatic hydroxyl groups is 1. The Morgan fingerprint density at radius 1 is 1.07 bits per heavy atom. The average Bonchev–Trinajstić information content (AvgIpc) is 2.67. The number of nitro groups is 3. The quantitative estimate of drug-likeness (QED) is 0.372. The van der Waals surface area contributed by atoms with Crippen LogP contribution in [0, 0.1) is 30.3 Å². The van der Waals surface area contributed by atoms with E-state index in [4.69, 9.17) is 4.74 Å². The van der Waals surface area contributed by atoms with Crippen molar-refractivity contribution < 1.29 is 29.4 Å². The number of rotatable bonds is 8. The van der Waals surface area contributed by atoms with Gasteiger partial charge in [0.05, 0.1) is 32.6 Å². The first-order valence-corrected chi connectivity index (χ1v) is 7.54. The molecule has 0 radical (unpaired) electrons. The molecule has 0 aliphatic rings. The van der Waals surface area contributed by atoms with E-state index in [1.54, 1.807) is 0 Å². The van der Waals surface area contributed by atoms with Gasteiger partial charge in [-0.3, -0.25) is 35.1 Å². The number of benzene rings is 2. The zero-order valence-corrected chi connectivity index (χ0v) is 14.3. The molecule has 29 heavy (non-hydrogen) atoms. The molecular formula is C15H11N5O9. The fraction of sp³-hybridized carbons (Fsp3) is 0.0667. The summed E-state index contributed by atoms with van der Waals surface area (Å²) in [6.45, 7) is -0.650. The van der Waals surface area contributed by atoms with Crippen LogP contribution < -0.4 is 10.2 Å². The fourth-order valence-electron chi connectivity index (χ4n) is 2.05. The monoisotopic (exact) mass is 405 g/mol. The highest BCUT2D eigenvalue weighted by atomic mass is 16.6. The summed E-state index contributed by atoms with van der Waals surface area (Å²) in [6.07, 6.45) is 0.762. The number of hydrogen-bond acceptors (Lipinski definition) is 10. The second-order valence-electron chi connectivity index (χ2n) is 5.22. The van der Waals surface area contributed by atoms with Gasteiger partial charge in [-0.2, -0.15) is 5.10 Å². The smallest absolute Gasteiger partial charge is 0.318 e. The van der Waals surface area contributed by atoms with Gasteiger partial charge in [-0.15, -0.1) is 0 Å². The van der Waals surface area contributed by atoms with Gasteiger partial charge >= 0.3 is 11.4 Å². The van der Waals surface area contributed by atoms with Crippen molar-refractivity contribution in [3.8, 4) is 11.5 Å². The number of phenolic OH excluding ortho intramolecular Hbond substituents is 1. The van der Waals surface area contributed by atoms with E-state index in [0.717, 1.165) is 12.3 Å². The lowest BCUT2D eigenvalue weighted by Gasteiger charge is -2.05. The molecule has 2 aromatic carbocycles. The van der Waals surface area contributed by atoms with Gasteiger partial charge in [0.2, 0.25) is 5.75 Å². The Morgan fingerprint density at radius 3 is 2.34 bits per heavy atom. The van der Waals surface area contributed by atoms with Crippen LogP contribution in [0.15, 0.2) is 41.5 Å². The zero-order chi connectivity index (χ0) is 21.6. The molecule has 0 fully saturated rings. The number of carbonyl (C=O) groups is 1. The molecule has 150 valence electrons. The molecule has 0 heterocycles. The Bertz CT molecular complexity index is 1020. The minimum atomic E-state index is -1.02. The van der Waals surface area contributed by atoms with Crippen molar-refractivity contribution >= 4 is 29.2 Å². The van der Waals surface area contributed by atoms with E-state index in [0.29, 0.717) is 6.07 Å². The second-order valence-corrected chi connectivity index (χ2v) is 5.22. The summed E-state index contributed by atoms with van der Waals surface area (Å²) < 4.78 is 5.03. The number of amides is 1. The maximum absolute atomic E-state index is 11.7. The van der Waals surface area contributed by atoms with E-state index < -0.39 is 44.4 Å². The number of phenols is 1.